The molecule has 0 N–H and O–H groups in total. The number of hydrogen-bond acceptors (Lipinski definition) is 5. The maximum Gasteiger partial charge on any atom is 0.150 e. The Kier molecular flexibility index (Phi) is 6.90. The van der Waals surface area contributed by atoms with E-state index in [9.17, 15) is 4.79 Å². The van der Waals surface area contributed by atoms with Gasteiger partial charge in [-0.3, -0.25) is 4.79 Å². The molecule has 0 bridgehead atoms. The molecule has 5 nitrogen and oxygen atoms in total. The molecule has 0 aliphatic rings. The van der Waals surface area contributed by atoms with Gasteiger partial charge >= 0.3 is 0 Å². The van der Waals surface area contributed by atoms with Crippen molar-refractivity contribution >= 4 is 29.0 Å². The van der Waals surface area contributed by atoms with Crippen LogP contribution >= 0.6 is 0 Å². The molecule has 0 aliphatic carbocycles. The van der Waals surface area contributed by atoms with Crippen LogP contribution in [0, 0.1) is 0 Å². The Morgan fingerprint density at radius 2 is 1.04 bits per heavy atom. The summed E-state index contributed by atoms with van der Waals surface area (Å²) in [5, 5.41) is 16.9. The van der Waals surface area contributed by atoms with Crippen molar-refractivity contribution in [2.24, 2.45) is 20.5 Å². The van der Waals surface area contributed by atoms with Crippen LogP contribution in [0.2, 0.25) is 0 Å². The Balaban J connectivity index is 1.59. The molecule has 0 spiro atoms. The van der Waals surface area contributed by atoms with Gasteiger partial charge in [0.15, 0.2) is 0 Å². The van der Waals surface area contributed by atoms with E-state index in [2.05, 4.69) is 39.5 Å². The highest BCUT2D eigenvalue weighted by atomic mass is 16.1. The zero-order chi connectivity index (χ0) is 19.6. The maximum atomic E-state index is 10.7. The summed E-state index contributed by atoms with van der Waals surface area (Å²) in [6.45, 7) is 2.20. The first-order chi connectivity index (χ1) is 13.8. The van der Waals surface area contributed by atoms with Crippen molar-refractivity contribution in [3.05, 3.63) is 83.9 Å². The normalized spacial score (nSPS) is 11.3. The van der Waals surface area contributed by atoms with E-state index in [0.29, 0.717) is 11.3 Å². The molecule has 5 heteroatoms. The SMILES string of the molecule is CCCCc1ccc(N=Nc2ccc(N=Nc3ccc(C=O)cc3)cc2)cc1. The first-order valence-corrected chi connectivity index (χ1v) is 9.34. The Hall–Kier alpha value is -3.47. The number of unbranched alkanes of at least 4 members (excludes halogenated alkanes) is 1. The minimum atomic E-state index is 0.615. The van der Waals surface area contributed by atoms with E-state index in [4.69, 9.17) is 0 Å². The Morgan fingerprint density at radius 1 is 0.643 bits per heavy atom. The van der Waals surface area contributed by atoms with Gasteiger partial charge in [0.1, 0.15) is 6.29 Å². The summed E-state index contributed by atoms with van der Waals surface area (Å²) in [6.07, 6.45) is 4.30. The zero-order valence-electron chi connectivity index (χ0n) is 15.8. The largest absolute Gasteiger partial charge is 0.298 e. The van der Waals surface area contributed by atoms with Crippen LogP contribution in [-0.4, -0.2) is 6.29 Å². The summed E-state index contributed by atoms with van der Waals surface area (Å²) in [7, 11) is 0. The molecule has 0 fully saturated rings. The maximum absolute atomic E-state index is 10.7. The lowest BCUT2D eigenvalue weighted by molar-refractivity contribution is 0.112. The van der Waals surface area contributed by atoms with Crippen molar-refractivity contribution in [1.29, 1.82) is 0 Å². The van der Waals surface area contributed by atoms with Crippen molar-refractivity contribution in [2.75, 3.05) is 0 Å². The molecule has 3 aromatic carbocycles. The molecule has 3 rings (SSSR count). The zero-order valence-corrected chi connectivity index (χ0v) is 15.8. The fourth-order valence-corrected chi connectivity index (χ4v) is 2.55. The lowest BCUT2D eigenvalue weighted by Gasteiger charge is -1.99. The van der Waals surface area contributed by atoms with Gasteiger partial charge in [0.2, 0.25) is 0 Å². The van der Waals surface area contributed by atoms with E-state index in [1.807, 2.05) is 36.4 Å². The van der Waals surface area contributed by atoms with Crippen LogP contribution in [0.5, 0.6) is 0 Å². The van der Waals surface area contributed by atoms with Crippen molar-refractivity contribution < 1.29 is 4.79 Å². The number of nitrogens with zero attached hydrogens (tertiary/aromatic N) is 4. The fraction of sp³-hybridized carbons (Fsp3) is 0.174. The lowest BCUT2D eigenvalue weighted by Crippen LogP contribution is -1.82. The van der Waals surface area contributed by atoms with E-state index >= 15 is 0 Å². The average Bonchev–Trinajstić information content (AvgIpc) is 2.76. The molecular weight excluding hydrogens is 348 g/mol. The number of aryl methyl sites for hydroxylation is 1. The van der Waals surface area contributed by atoms with Crippen LogP contribution in [0.3, 0.4) is 0 Å². The summed E-state index contributed by atoms with van der Waals surface area (Å²) in [5.41, 5.74) is 4.95. The van der Waals surface area contributed by atoms with E-state index in [0.717, 1.165) is 29.8 Å². The predicted molar refractivity (Wildman–Crippen MR) is 112 cm³/mol. The number of benzene rings is 3. The standard InChI is InChI=1S/C23H22N4O/c1-2-3-4-18-5-9-20(10-6-18)24-26-22-13-15-23(16-14-22)27-25-21-11-7-19(17-28)8-12-21/h5-17H,2-4H2,1H3. The second kappa shape index (κ2) is 10.0. The number of aldehydes is 1. The number of azo groups is 2. The van der Waals surface area contributed by atoms with E-state index in [1.165, 1.54) is 18.4 Å². The van der Waals surface area contributed by atoms with Crippen LogP contribution in [0.15, 0.2) is 93.3 Å². The van der Waals surface area contributed by atoms with E-state index < -0.39 is 0 Å². The highest BCUT2D eigenvalue weighted by molar-refractivity contribution is 5.75. The number of hydrogen-bond donors (Lipinski definition) is 0. The predicted octanol–water partition coefficient (Wildman–Crippen LogP) is 7.67. The summed E-state index contributed by atoms with van der Waals surface area (Å²) >= 11 is 0. The number of carbonyl (C=O) groups is 1. The summed E-state index contributed by atoms with van der Waals surface area (Å²) in [6, 6.07) is 22.5. The van der Waals surface area contributed by atoms with Crippen molar-refractivity contribution in [2.45, 2.75) is 26.2 Å². The molecule has 28 heavy (non-hydrogen) atoms. The van der Waals surface area contributed by atoms with Gasteiger partial charge in [-0.2, -0.15) is 20.5 Å². The monoisotopic (exact) mass is 370 g/mol. The van der Waals surface area contributed by atoms with Crippen LogP contribution in [0.4, 0.5) is 22.7 Å². The first kappa shape index (κ1) is 19.3. The minimum absolute atomic E-state index is 0.615. The highest BCUT2D eigenvalue weighted by Crippen LogP contribution is 2.23. The van der Waals surface area contributed by atoms with Crippen molar-refractivity contribution in [3.8, 4) is 0 Å². The summed E-state index contributed by atoms with van der Waals surface area (Å²) < 4.78 is 0. The van der Waals surface area contributed by atoms with Gasteiger partial charge in [0.25, 0.3) is 0 Å². The van der Waals surface area contributed by atoms with Gasteiger partial charge in [0.05, 0.1) is 22.7 Å². The highest BCUT2D eigenvalue weighted by Gasteiger charge is 1.96. The van der Waals surface area contributed by atoms with Gasteiger partial charge < -0.3 is 0 Å². The third-order valence-electron chi connectivity index (χ3n) is 4.20. The van der Waals surface area contributed by atoms with Gasteiger partial charge in [-0.1, -0.05) is 25.5 Å². The second-order valence-corrected chi connectivity index (χ2v) is 6.40. The Morgan fingerprint density at radius 3 is 1.43 bits per heavy atom. The molecule has 0 aliphatic heterocycles. The van der Waals surface area contributed by atoms with Crippen molar-refractivity contribution in [1.82, 2.24) is 0 Å². The fourth-order valence-electron chi connectivity index (χ4n) is 2.55. The molecule has 0 radical (unpaired) electrons. The van der Waals surface area contributed by atoms with E-state index in [-0.39, 0.29) is 0 Å². The smallest absolute Gasteiger partial charge is 0.150 e. The Labute approximate surface area is 164 Å². The van der Waals surface area contributed by atoms with Gasteiger partial charge in [-0.15, -0.1) is 0 Å². The van der Waals surface area contributed by atoms with Crippen LogP contribution in [0.1, 0.15) is 35.7 Å². The molecular formula is C23H22N4O. The molecule has 3 aromatic rings. The van der Waals surface area contributed by atoms with E-state index in [1.54, 1.807) is 24.3 Å². The van der Waals surface area contributed by atoms with Gasteiger partial charge in [0, 0.05) is 5.56 Å². The molecule has 0 heterocycles. The first-order valence-electron chi connectivity index (χ1n) is 9.34. The molecule has 0 atom stereocenters. The number of rotatable bonds is 8. The van der Waals surface area contributed by atoms with Crippen LogP contribution < -0.4 is 0 Å². The van der Waals surface area contributed by atoms with Crippen LogP contribution in [-0.2, 0) is 6.42 Å². The molecule has 0 saturated heterocycles. The topological polar surface area (TPSA) is 66.5 Å². The second-order valence-electron chi connectivity index (χ2n) is 6.40. The molecule has 0 unspecified atom stereocenters. The quantitative estimate of drug-likeness (QED) is 0.296. The third-order valence-corrected chi connectivity index (χ3v) is 4.20. The molecule has 0 amide bonds. The van der Waals surface area contributed by atoms with Crippen molar-refractivity contribution in [3.63, 3.8) is 0 Å². The van der Waals surface area contributed by atoms with Gasteiger partial charge in [-0.05, 0) is 79.1 Å². The third kappa shape index (κ3) is 5.77. The average molecular weight is 370 g/mol. The summed E-state index contributed by atoms with van der Waals surface area (Å²) in [5.74, 6) is 0. The molecule has 0 aromatic heterocycles. The molecule has 0 saturated carbocycles. The van der Waals surface area contributed by atoms with Crippen LogP contribution in [0.25, 0.3) is 0 Å². The lowest BCUT2D eigenvalue weighted by atomic mass is 10.1. The Bertz CT molecular complexity index is 943. The van der Waals surface area contributed by atoms with Gasteiger partial charge in [-0.25, -0.2) is 0 Å². The molecule has 140 valence electrons. The summed E-state index contributed by atoms with van der Waals surface area (Å²) in [4.78, 5) is 10.7. The number of carbonyl (C=O) groups excluding carboxylic acids is 1. The minimum Gasteiger partial charge on any atom is -0.298 e.